The van der Waals surface area contributed by atoms with E-state index in [4.69, 9.17) is 0 Å². The van der Waals surface area contributed by atoms with Gasteiger partial charge in [-0.1, -0.05) is 19.9 Å². The summed E-state index contributed by atoms with van der Waals surface area (Å²) in [5, 5.41) is 5.25. The molecular formula is C19H23F2N3O3S. The third-order valence-electron chi connectivity index (χ3n) is 4.14. The molecule has 0 aliphatic carbocycles. The zero-order valence-electron chi connectivity index (χ0n) is 15.9. The molecule has 0 heterocycles. The topological polar surface area (TPSA) is 78.5 Å². The maximum absolute atomic E-state index is 13.2. The Kier molecular flexibility index (Phi) is 7.09. The second-order valence-corrected chi connectivity index (χ2v) is 8.06. The van der Waals surface area contributed by atoms with Crippen LogP contribution in [0.5, 0.6) is 0 Å². The van der Waals surface area contributed by atoms with Gasteiger partial charge in [-0.2, -0.15) is 4.31 Å². The van der Waals surface area contributed by atoms with E-state index in [0.717, 1.165) is 18.2 Å². The highest BCUT2D eigenvalue weighted by Gasteiger charge is 2.22. The fraction of sp³-hybridized carbons (Fsp3) is 0.316. The van der Waals surface area contributed by atoms with E-state index in [1.807, 2.05) is 0 Å². The third-order valence-corrected chi connectivity index (χ3v) is 6.19. The number of aryl methyl sites for hydroxylation is 1. The largest absolute Gasteiger partial charge is 0.376 e. The predicted octanol–water partition coefficient (Wildman–Crippen LogP) is 3.35. The first-order valence-corrected chi connectivity index (χ1v) is 10.2. The summed E-state index contributed by atoms with van der Waals surface area (Å²) in [6.45, 7) is 5.66. The lowest BCUT2D eigenvalue weighted by Crippen LogP contribution is -2.30. The van der Waals surface area contributed by atoms with Crippen molar-refractivity contribution in [1.82, 2.24) is 4.31 Å². The van der Waals surface area contributed by atoms with Gasteiger partial charge in [0.25, 0.3) is 0 Å². The number of sulfonamides is 1. The number of anilines is 2. The van der Waals surface area contributed by atoms with E-state index < -0.39 is 27.6 Å². The summed E-state index contributed by atoms with van der Waals surface area (Å²) >= 11 is 0. The fourth-order valence-corrected chi connectivity index (χ4v) is 4.13. The molecule has 0 radical (unpaired) electrons. The molecule has 6 nitrogen and oxygen atoms in total. The van der Waals surface area contributed by atoms with Crippen molar-refractivity contribution in [2.45, 2.75) is 25.7 Å². The maximum Gasteiger partial charge on any atom is 0.243 e. The first-order valence-electron chi connectivity index (χ1n) is 8.78. The van der Waals surface area contributed by atoms with E-state index in [1.54, 1.807) is 26.8 Å². The van der Waals surface area contributed by atoms with Crippen LogP contribution in [0.3, 0.4) is 0 Å². The van der Waals surface area contributed by atoms with Crippen LogP contribution in [0.1, 0.15) is 19.4 Å². The molecule has 0 fully saturated rings. The van der Waals surface area contributed by atoms with Gasteiger partial charge in [0.2, 0.25) is 15.9 Å². The number of hydrogen-bond acceptors (Lipinski definition) is 4. The number of hydrogen-bond donors (Lipinski definition) is 2. The molecule has 0 atom stereocenters. The number of amides is 1. The molecule has 1 amide bonds. The van der Waals surface area contributed by atoms with Crippen molar-refractivity contribution in [3.8, 4) is 0 Å². The molecule has 2 rings (SSSR count). The molecule has 0 bridgehead atoms. The van der Waals surface area contributed by atoms with Crippen LogP contribution in [0.4, 0.5) is 20.2 Å². The molecule has 2 aromatic carbocycles. The van der Waals surface area contributed by atoms with E-state index in [9.17, 15) is 22.0 Å². The summed E-state index contributed by atoms with van der Waals surface area (Å²) in [5.41, 5.74) is 1.16. The van der Waals surface area contributed by atoms with E-state index >= 15 is 0 Å². The van der Waals surface area contributed by atoms with Crippen molar-refractivity contribution in [1.29, 1.82) is 0 Å². The Hall–Kier alpha value is -2.52. The Labute approximate surface area is 163 Å². The van der Waals surface area contributed by atoms with Crippen molar-refractivity contribution in [2.24, 2.45) is 0 Å². The number of nitrogens with one attached hydrogen (secondary N) is 2. The Morgan fingerprint density at radius 2 is 1.64 bits per heavy atom. The zero-order chi connectivity index (χ0) is 20.9. The first kappa shape index (κ1) is 21.8. The van der Waals surface area contributed by atoms with E-state index in [0.29, 0.717) is 24.3 Å². The Morgan fingerprint density at radius 1 is 1.04 bits per heavy atom. The molecular weight excluding hydrogens is 388 g/mol. The van der Waals surface area contributed by atoms with Gasteiger partial charge in [-0.3, -0.25) is 4.79 Å². The molecule has 0 spiro atoms. The lowest BCUT2D eigenvalue weighted by Gasteiger charge is -2.19. The number of rotatable bonds is 8. The van der Waals surface area contributed by atoms with Gasteiger partial charge in [-0.05, 0) is 36.8 Å². The minimum absolute atomic E-state index is 0.0808. The summed E-state index contributed by atoms with van der Waals surface area (Å²) in [6, 6.07) is 7.38. The highest BCUT2D eigenvalue weighted by atomic mass is 32.2. The Balaban J connectivity index is 2.14. The first-order chi connectivity index (χ1) is 13.2. The monoisotopic (exact) mass is 411 g/mol. The second kappa shape index (κ2) is 9.11. The van der Waals surface area contributed by atoms with E-state index in [2.05, 4.69) is 10.6 Å². The second-order valence-electron chi connectivity index (χ2n) is 6.13. The van der Waals surface area contributed by atoms with Crippen LogP contribution >= 0.6 is 0 Å². The average Bonchev–Trinajstić information content (AvgIpc) is 2.61. The Morgan fingerprint density at radius 3 is 2.21 bits per heavy atom. The molecule has 0 aliphatic rings. The van der Waals surface area contributed by atoms with Gasteiger partial charge in [0.15, 0.2) is 0 Å². The Bertz CT molecular complexity index is 941. The van der Waals surface area contributed by atoms with Gasteiger partial charge in [0.1, 0.15) is 11.6 Å². The molecule has 0 unspecified atom stereocenters. The summed E-state index contributed by atoms with van der Waals surface area (Å²) in [4.78, 5) is 12.3. The lowest BCUT2D eigenvalue weighted by atomic mass is 10.2. The molecule has 152 valence electrons. The van der Waals surface area contributed by atoms with Crippen molar-refractivity contribution in [3.63, 3.8) is 0 Å². The van der Waals surface area contributed by atoms with Crippen LogP contribution < -0.4 is 10.6 Å². The SMILES string of the molecule is CCN(CC)S(=O)(=O)c1ccc(C)c(NC(=O)CNc2cc(F)cc(F)c2)c1. The summed E-state index contributed by atoms with van der Waals surface area (Å²) in [6.07, 6.45) is 0. The molecule has 9 heteroatoms. The minimum Gasteiger partial charge on any atom is -0.376 e. The fourth-order valence-electron chi connectivity index (χ4n) is 2.64. The van der Waals surface area contributed by atoms with Crippen LogP contribution in [-0.2, 0) is 14.8 Å². The summed E-state index contributed by atoms with van der Waals surface area (Å²) in [7, 11) is -3.66. The van der Waals surface area contributed by atoms with E-state index in [-0.39, 0.29) is 17.1 Å². The van der Waals surface area contributed by atoms with Crippen LogP contribution in [0, 0.1) is 18.6 Å². The van der Waals surface area contributed by atoms with Crippen LogP contribution in [-0.4, -0.2) is 38.3 Å². The standard InChI is InChI=1S/C19H23F2N3O3S/c1-4-24(5-2)28(26,27)17-7-6-13(3)18(11-17)23-19(25)12-22-16-9-14(20)8-15(21)10-16/h6-11,22H,4-5,12H2,1-3H3,(H,23,25). The van der Waals surface area contributed by atoms with Crippen molar-refractivity contribution in [3.05, 3.63) is 53.6 Å². The van der Waals surface area contributed by atoms with Gasteiger partial charge in [-0.15, -0.1) is 0 Å². The normalized spacial score (nSPS) is 11.5. The van der Waals surface area contributed by atoms with Gasteiger partial charge in [0, 0.05) is 30.5 Å². The molecule has 0 aromatic heterocycles. The van der Waals surface area contributed by atoms with Crippen molar-refractivity contribution < 1.29 is 22.0 Å². The number of carbonyl (C=O) groups is 1. The minimum atomic E-state index is -3.66. The van der Waals surface area contributed by atoms with Crippen LogP contribution in [0.15, 0.2) is 41.3 Å². The van der Waals surface area contributed by atoms with E-state index in [1.165, 1.54) is 16.4 Å². The summed E-state index contributed by atoms with van der Waals surface area (Å²) < 4.78 is 53.0. The summed E-state index contributed by atoms with van der Waals surface area (Å²) in [5.74, 6) is -1.99. The third kappa shape index (κ3) is 5.26. The lowest BCUT2D eigenvalue weighted by molar-refractivity contribution is -0.114. The van der Waals surface area contributed by atoms with Gasteiger partial charge >= 0.3 is 0 Å². The quantitative estimate of drug-likeness (QED) is 0.698. The number of nitrogens with zero attached hydrogens (tertiary/aromatic N) is 1. The molecule has 2 N–H and O–H groups in total. The van der Waals surface area contributed by atoms with Gasteiger partial charge in [0.05, 0.1) is 11.4 Å². The molecule has 2 aromatic rings. The highest BCUT2D eigenvalue weighted by Crippen LogP contribution is 2.23. The number of carbonyl (C=O) groups excluding carboxylic acids is 1. The average molecular weight is 411 g/mol. The van der Waals surface area contributed by atoms with Crippen LogP contribution in [0.25, 0.3) is 0 Å². The van der Waals surface area contributed by atoms with Gasteiger partial charge < -0.3 is 10.6 Å². The van der Waals surface area contributed by atoms with Gasteiger partial charge in [-0.25, -0.2) is 17.2 Å². The van der Waals surface area contributed by atoms with Crippen molar-refractivity contribution >= 4 is 27.3 Å². The number of halogens is 2. The maximum atomic E-state index is 13.2. The highest BCUT2D eigenvalue weighted by molar-refractivity contribution is 7.89. The molecule has 0 aliphatic heterocycles. The van der Waals surface area contributed by atoms with Crippen LogP contribution in [0.2, 0.25) is 0 Å². The van der Waals surface area contributed by atoms with Crippen molar-refractivity contribution in [2.75, 3.05) is 30.3 Å². The number of benzene rings is 2. The molecule has 28 heavy (non-hydrogen) atoms. The molecule has 0 saturated carbocycles. The smallest absolute Gasteiger partial charge is 0.243 e. The zero-order valence-corrected chi connectivity index (χ0v) is 16.7. The predicted molar refractivity (Wildman–Crippen MR) is 105 cm³/mol. The molecule has 0 saturated heterocycles.